The Kier molecular flexibility index (Phi) is 6.33. The van der Waals surface area contributed by atoms with Gasteiger partial charge in [0.1, 0.15) is 0 Å². The van der Waals surface area contributed by atoms with Crippen LogP contribution in [0.4, 0.5) is 0 Å². The number of nitrogens with zero attached hydrogens (tertiary/aromatic N) is 1. The zero-order valence-corrected chi connectivity index (χ0v) is 16.3. The summed E-state index contributed by atoms with van der Waals surface area (Å²) in [7, 11) is 1.86. The quantitative estimate of drug-likeness (QED) is 0.709. The Bertz CT molecular complexity index is 751. The van der Waals surface area contributed by atoms with Crippen LogP contribution in [0.2, 0.25) is 5.02 Å². The van der Waals surface area contributed by atoms with E-state index in [0.717, 1.165) is 54.1 Å². The van der Waals surface area contributed by atoms with E-state index in [9.17, 15) is 4.79 Å². The van der Waals surface area contributed by atoms with E-state index in [-0.39, 0.29) is 5.91 Å². The summed E-state index contributed by atoms with van der Waals surface area (Å²) in [5.74, 6) is 0.0511. The molecular weight excluding hydrogens is 346 g/mol. The Labute approximate surface area is 160 Å². The fraction of sp³-hybridized carbons (Fsp3) is 0.409. The van der Waals surface area contributed by atoms with Gasteiger partial charge in [-0.25, -0.2) is 0 Å². The van der Waals surface area contributed by atoms with Crippen molar-refractivity contribution < 1.29 is 9.53 Å². The smallest absolute Gasteiger partial charge is 0.253 e. The second kappa shape index (κ2) is 8.70. The predicted molar refractivity (Wildman–Crippen MR) is 107 cm³/mol. The van der Waals surface area contributed by atoms with Gasteiger partial charge in [-0.3, -0.25) is 4.79 Å². The van der Waals surface area contributed by atoms with Gasteiger partial charge in [-0.15, -0.1) is 0 Å². The van der Waals surface area contributed by atoms with Crippen molar-refractivity contribution in [3.63, 3.8) is 0 Å². The topological polar surface area (TPSA) is 29.5 Å². The maximum atomic E-state index is 12.7. The maximum Gasteiger partial charge on any atom is 0.253 e. The molecule has 1 heterocycles. The maximum absolute atomic E-state index is 12.7. The van der Waals surface area contributed by atoms with Gasteiger partial charge in [0.25, 0.3) is 5.91 Å². The third-order valence-corrected chi connectivity index (χ3v) is 5.53. The van der Waals surface area contributed by atoms with Gasteiger partial charge in [-0.05, 0) is 67.5 Å². The summed E-state index contributed by atoms with van der Waals surface area (Å²) in [4.78, 5) is 14.4. The highest BCUT2D eigenvalue weighted by molar-refractivity contribution is 6.31. The summed E-state index contributed by atoms with van der Waals surface area (Å²) < 4.78 is 5.75. The van der Waals surface area contributed by atoms with Crippen LogP contribution in [0.1, 0.15) is 41.6 Å². The molecule has 0 aromatic heterocycles. The van der Waals surface area contributed by atoms with Gasteiger partial charge in [0, 0.05) is 30.8 Å². The molecule has 1 aliphatic heterocycles. The van der Waals surface area contributed by atoms with Crippen molar-refractivity contribution >= 4 is 17.5 Å². The summed E-state index contributed by atoms with van der Waals surface area (Å²) in [5, 5.41) is 0.757. The minimum atomic E-state index is 0.0511. The molecule has 2 aromatic rings. The second-order valence-corrected chi connectivity index (χ2v) is 7.40. The largest absolute Gasteiger partial charge is 0.378 e. The van der Waals surface area contributed by atoms with Crippen LogP contribution in [-0.2, 0) is 4.74 Å². The highest BCUT2D eigenvalue weighted by Gasteiger charge is 2.17. The third-order valence-electron chi connectivity index (χ3n) is 5.12. The van der Waals surface area contributed by atoms with Gasteiger partial charge < -0.3 is 9.64 Å². The molecule has 2 aromatic carbocycles. The van der Waals surface area contributed by atoms with E-state index in [0.29, 0.717) is 11.7 Å². The minimum absolute atomic E-state index is 0.0511. The molecule has 26 heavy (non-hydrogen) atoms. The SMILES string of the molecule is Cc1c(Cl)cccc1-c1ccc(C(=O)N(C)CCC2CCCCO2)cc1. The molecule has 0 N–H and O–H groups in total. The average molecular weight is 372 g/mol. The number of carbonyl (C=O) groups is 1. The molecule has 0 spiro atoms. The first kappa shape index (κ1) is 18.9. The Morgan fingerprint density at radius 2 is 1.96 bits per heavy atom. The number of rotatable bonds is 5. The molecule has 1 saturated heterocycles. The Hall–Kier alpha value is -1.84. The number of amides is 1. The normalized spacial score (nSPS) is 17.1. The Morgan fingerprint density at radius 3 is 2.65 bits per heavy atom. The van der Waals surface area contributed by atoms with E-state index in [1.165, 1.54) is 6.42 Å². The fourth-order valence-electron chi connectivity index (χ4n) is 3.41. The minimum Gasteiger partial charge on any atom is -0.378 e. The van der Waals surface area contributed by atoms with E-state index < -0.39 is 0 Å². The first-order valence-corrected chi connectivity index (χ1v) is 9.66. The van der Waals surface area contributed by atoms with Crippen LogP contribution in [0.25, 0.3) is 11.1 Å². The van der Waals surface area contributed by atoms with E-state index in [1.54, 1.807) is 4.90 Å². The van der Waals surface area contributed by atoms with Crippen LogP contribution >= 0.6 is 11.6 Å². The molecule has 0 saturated carbocycles. The van der Waals surface area contributed by atoms with Crippen molar-refractivity contribution in [1.82, 2.24) is 4.90 Å². The zero-order valence-electron chi connectivity index (χ0n) is 15.5. The molecule has 1 aliphatic rings. The van der Waals surface area contributed by atoms with Crippen LogP contribution in [0.3, 0.4) is 0 Å². The molecule has 1 atom stereocenters. The molecule has 4 heteroatoms. The molecule has 138 valence electrons. The van der Waals surface area contributed by atoms with Gasteiger partial charge in [0.05, 0.1) is 6.10 Å². The van der Waals surface area contributed by atoms with Gasteiger partial charge in [-0.2, -0.15) is 0 Å². The molecule has 1 amide bonds. The lowest BCUT2D eigenvalue weighted by Gasteiger charge is -2.25. The third kappa shape index (κ3) is 4.46. The summed E-state index contributed by atoms with van der Waals surface area (Å²) in [5.41, 5.74) is 3.93. The fourth-order valence-corrected chi connectivity index (χ4v) is 3.58. The number of hydrogen-bond acceptors (Lipinski definition) is 2. The molecule has 0 radical (unpaired) electrons. The van der Waals surface area contributed by atoms with Crippen LogP contribution in [-0.4, -0.2) is 37.1 Å². The summed E-state index contributed by atoms with van der Waals surface area (Å²) in [6, 6.07) is 13.7. The highest BCUT2D eigenvalue weighted by atomic mass is 35.5. The lowest BCUT2D eigenvalue weighted by Crippen LogP contribution is -2.31. The van der Waals surface area contributed by atoms with E-state index in [4.69, 9.17) is 16.3 Å². The monoisotopic (exact) mass is 371 g/mol. The molecule has 1 unspecified atom stereocenters. The number of halogens is 1. The van der Waals surface area contributed by atoms with E-state index >= 15 is 0 Å². The first-order chi connectivity index (χ1) is 12.6. The molecule has 3 rings (SSSR count). The van der Waals surface area contributed by atoms with Gasteiger partial charge in [0.2, 0.25) is 0 Å². The van der Waals surface area contributed by atoms with Gasteiger partial charge in [-0.1, -0.05) is 35.9 Å². The summed E-state index contributed by atoms with van der Waals surface area (Å²) >= 11 is 6.21. The van der Waals surface area contributed by atoms with E-state index in [1.807, 2.05) is 56.4 Å². The van der Waals surface area contributed by atoms with Gasteiger partial charge >= 0.3 is 0 Å². The van der Waals surface area contributed by atoms with Crippen molar-refractivity contribution in [2.75, 3.05) is 20.2 Å². The van der Waals surface area contributed by atoms with Crippen molar-refractivity contribution in [1.29, 1.82) is 0 Å². The number of benzene rings is 2. The van der Waals surface area contributed by atoms with Crippen molar-refractivity contribution in [3.8, 4) is 11.1 Å². The highest BCUT2D eigenvalue weighted by Crippen LogP contribution is 2.28. The van der Waals surface area contributed by atoms with Crippen LogP contribution < -0.4 is 0 Å². The number of carbonyl (C=O) groups excluding carboxylic acids is 1. The molecular formula is C22H26ClNO2. The molecule has 1 fully saturated rings. The average Bonchev–Trinajstić information content (AvgIpc) is 2.68. The van der Waals surface area contributed by atoms with Crippen molar-refractivity contribution in [2.24, 2.45) is 0 Å². The summed E-state index contributed by atoms with van der Waals surface area (Å²) in [6.07, 6.45) is 4.70. The number of ether oxygens (including phenoxy) is 1. The van der Waals surface area contributed by atoms with Gasteiger partial charge in [0.15, 0.2) is 0 Å². The van der Waals surface area contributed by atoms with Crippen molar-refractivity contribution in [3.05, 3.63) is 58.6 Å². The summed E-state index contributed by atoms with van der Waals surface area (Å²) in [6.45, 7) is 3.59. The zero-order chi connectivity index (χ0) is 18.5. The second-order valence-electron chi connectivity index (χ2n) is 6.99. The predicted octanol–water partition coefficient (Wildman–Crippen LogP) is 5.35. The van der Waals surface area contributed by atoms with Crippen LogP contribution in [0.15, 0.2) is 42.5 Å². The standard InChI is InChI=1S/C22H26ClNO2/c1-16-20(7-5-8-21(16)23)17-9-11-18(12-10-17)22(25)24(2)14-13-19-6-3-4-15-26-19/h5,7-12,19H,3-4,6,13-15H2,1-2H3. The number of hydrogen-bond donors (Lipinski definition) is 0. The molecule has 3 nitrogen and oxygen atoms in total. The lowest BCUT2D eigenvalue weighted by atomic mass is 9.99. The molecule has 0 aliphatic carbocycles. The van der Waals surface area contributed by atoms with Crippen LogP contribution in [0.5, 0.6) is 0 Å². The van der Waals surface area contributed by atoms with E-state index in [2.05, 4.69) is 0 Å². The molecule has 0 bridgehead atoms. The Morgan fingerprint density at radius 1 is 1.19 bits per heavy atom. The van der Waals surface area contributed by atoms with Crippen LogP contribution in [0, 0.1) is 6.92 Å². The Balaban J connectivity index is 1.63. The first-order valence-electron chi connectivity index (χ1n) is 9.29. The van der Waals surface area contributed by atoms with Crippen molar-refractivity contribution in [2.45, 2.75) is 38.7 Å². The lowest BCUT2D eigenvalue weighted by molar-refractivity contribution is 0.00709.